The minimum absolute atomic E-state index is 0.0291. The number of thiophene rings is 1. The number of piperidine rings is 1. The maximum atomic E-state index is 13.3. The minimum Gasteiger partial charge on any atom is -0.389 e. The number of fused-ring (bicyclic) bond motifs is 1. The molecule has 1 aromatic carbocycles. The average molecular weight is 443 g/mol. The molecule has 1 aromatic heterocycles. The summed E-state index contributed by atoms with van der Waals surface area (Å²) in [6.45, 7) is 0.749. The third kappa shape index (κ3) is 4.80. The van der Waals surface area contributed by atoms with E-state index in [0.29, 0.717) is 6.42 Å². The van der Waals surface area contributed by atoms with Crippen LogP contribution in [0, 0.1) is 0 Å². The minimum atomic E-state index is -0.835. The van der Waals surface area contributed by atoms with Crippen LogP contribution in [-0.2, 0) is 11.2 Å². The van der Waals surface area contributed by atoms with Crippen LogP contribution in [0.15, 0.2) is 24.3 Å². The van der Waals surface area contributed by atoms with Gasteiger partial charge in [0.05, 0.1) is 16.9 Å². The standard InChI is InChI=1S/C25H34N2O3S/c1-26(2)24(29)23-20(19-11-4-5-12-21(19)31-23)16-18-10-6-9-15-27(18)22(28)17-25(30)13-7-3-8-14-25/h4-5,11-12,18,30H,3,6-10,13-17H2,1-2H3/t18-/m0/s1. The molecule has 0 bridgehead atoms. The Bertz CT molecular complexity index is 945. The molecule has 2 aliphatic rings. The van der Waals surface area contributed by atoms with Crippen molar-refractivity contribution in [3.8, 4) is 0 Å². The second kappa shape index (κ2) is 9.29. The third-order valence-corrected chi connectivity index (χ3v) is 8.15. The fraction of sp³-hybridized carbons (Fsp3) is 0.600. The molecule has 6 heteroatoms. The highest BCUT2D eigenvalue weighted by atomic mass is 32.1. The summed E-state index contributed by atoms with van der Waals surface area (Å²) >= 11 is 1.55. The Hall–Kier alpha value is -1.92. The maximum absolute atomic E-state index is 13.3. The highest BCUT2D eigenvalue weighted by molar-refractivity contribution is 7.21. The first-order valence-corrected chi connectivity index (χ1v) is 12.4. The summed E-state index contributed by atoms with van der Waals surface area (Å²) in [5.74, 6) is 0.107. The van der Waals surface area contributed by atoms with Gasteiger partial charge < -0.3 is 14.9 Å². The van der Waals surface area contributed by atoms with Gasteiger partial charge in [0.2, 0.25) is 5.91 Å². The molecule has 2 fully saturated rings. The molecule has 4 rings (SSSR count). The predicted octanol–water partition coefficient (Wildman–Crippen LogP) is 4.61. The fourth-order valence-corrected chi connectivity index (χ4v) is 6.48. The first-order chi connectivity index (χ1) is 14.9. The monoisotopic (exact) mass is 442 g/mol. The summed E-state index contributed by atoms with van der Waals surface area (Å²) in [6, 6.07) is 8.27. The highest BCUT2D eigenvalue weighted by Gasteiger charge is 2.36. The van der Waals surface area contributed by atoms with Crippen molar-refractivity contribution in [1.82, 2.24) is 9.80 Å². The molecule has 0 unspecified atom stereocenters. The van der Waals surface area contributed by atoms with Gasteiger partial charge in [0, 0.05) is 31.4 Å². The first-order valence-electron chi connectivity index (χ1n) is 11.6. The molecular weight excluding hydrogens is 408 g/mol. The van der Waals surface area contributed by atoms with Crippen molar-refractivity contribution < 1.29 is 14.7 Å². The molecule has 2 amide bonds. The molecule has 0 radical (unpaired) electrons. The number of nitrogens with zero attached hydrogens (tertiary/aromatic N) is 2. The van der Waals surface area contributed by atoms with E-state index in [1.54, 1.807) is 30.3 Å². The molecule has 31 heavy (non-hydrogen) atoms. The Morgan fingerprint density at radius 2 is 1.87 bits per heavy atom. The number of rotatable bonds is 5. The lowest BCUT2D eigenvalue weighted by atomic mass is 9.81. The highest BCUT2D eigenvalue weighted by Crippen LogP contribution is 2.36. The Kier molecular flexibility index (Phi) is 6.68. The lowest BCUT2D eigenvalue weighted by Crippen LogP contribution is -2.48. The van der Waals surface area contributed by atoms with Gasteiger partial charge in [-0.15, -0.1) is 11.3 Å². The number of aliphatic hydroxyl groups is 1. The molecule has 1 N–H and O–H groups in total. The molecule has 5 nitrogen and oxygen atoms in total. The van der Waals surface area contributed by atoms with Crippen LogP contribution < -0.4 is 0 Å². The Labute approximate surface area is 189 Å². The number of likely N-dealkylation sites (tertiary alicyclic amines) is 1. The van der Waals surface area contributed by atoms with Crippen molar-refractivity contribution in [2.75, 3.05) is 20.6 Å². The van der Waals surface area contributed by atoms with Crippen LogP contribution in [0.25, 0.3) is 10.1 Å². The van der Waals surface area contributed by atoms with Crippen LogP contribution in [0.4, 0.5) is 0 Å². The van der Waals surface area contributed by atoms with Gasteiger partial charge in [0.1, 0.15) is 0 Å². The zero-order chi connectivity index (χ0) is 22.0. The van der Waals surface area contributed by atoms with Gasteiger partial charge >= 0.3 is 0 Å². The number of hydrogen-bond donors (Lipinski definition) is 1. The van der Waals surface area contributed by atoms with E-state index in [1.165, 1.54) is 0 Å². The van der Waals surface area contributed by atoms with E-state index in [9.17, 15) is 14.7 Å². The van der Waals surface area contributed by atoms with Crippen LogP contribution in [0.1, 0.15) is 73.0 Å². The van der Waals surface area contributed by atoms with E-state index in [-0.39, 0.29) is 24.3 Å². The van der Waals surface area contributed by atoms with Crippen LogP contribution in [0.5, 0.6) is 0 Å². The fourth-order valence-electron chi connectivity index (χ4n) is 5.22. The molecule has 1 aliphatic carbocycles. The number of benzene rings is 1. The molecule has 1 atom stereocenters. The van der Waals surface area contributed by atoms with Gasteiger partial charge in [0.15, 0.2) is 0 Å². The molecule has 2 aromatic rings. The van der Waals surface area contributed by atoms with Gasteiger partial charge in [-0.25, -0.2) is 0 Å². The predicted molar refractivity (Wildman–Crippen MR) is 126 cm³/mol. The van der Waals surface area contributed by atoms with Crippen LogP contribution >= 0.6 is 11.3 Å². The normalized spacial score (nSPS) is 21.3. The van der Waals surface area contributed by atoms with Crippen molar-refractivity contribution in [2.24, 2.45) is 0 Å². The molecule has 1 saturated carbocycles. The Balaban J connectivity index is 1.59. The lowest BCUT2D eigenvalue weighted by Gasteiger charge is -2.39. The lowest BCUT2D eigenvalue weighted by molar-refractivity contribution is -0.141. The average Bonchev–Trinajstić information content (AvgIpc) is 3.12. The smallest absolute Gasteiger partial charge is 0.263 e. The Morgan fingerprint density at radius 3 is 2.61 bits per heavy atom. The van der Waals surface area contributed by atoms with Gasteiger partial charge in [-0.3, -0.25) is 9.59 Å². The van der Waals surface area contributed by atoms with E-state index < -0.39 is 5.60 Å². The number of hydrogen-bond acceptors (Lipinski definition) is 4. The van der Waals surface area contributed by atoms with Crippen molar-refractivity contribution >= 4 is 33.2 Å². The van der Waals surface area contributed by atoms with Crippen molar-refractivity contribution in [1.29, 1.82) is 0 Å². The zero-order valence-corrected chi connectivity index (χ0v) is 19.5. The number of amides is 2. The van der Waals surface area contributed by atoms with E-state index in [1.807, 2.05) is 17.0 Å². The van der Waals surface area contributed by atoms with E-state index >= 15 is 0 Å². The SMILES string of the molecule is CN(C)C(=O)c1sc2ccccc2c1C[C@@H]1CCCCN1C(=O)CC1(O)CCCCC1. The summed E-state index contributed by atoms with van der Waals surface area (Å²) in [4.78, 5) is 30.6. The van der Waals surface area contributed by atoms with Gasteiger partial charge in [-0.2, -0.15) is 0 Å². The van der Waals surface area contributed by atoms with Gasteiger partial charge in [-0.05, 0) is 55.5 Å². The van der Waals surface area contributed by atoms with Crippen molar-refractivity contribution in [3.05, 3.63) is 34.7 Å². The van der Waals surface area contributed by atoms with E-state index in [2.05, 4.69) is 12.1 Å². The third-order valence-electron chi connectivity index (χ3n) is 6.95. The summed E-state index contributed by atoms with van der Waals surface area (Å²) in [7, 11) is 3.58. The molecule has 1 saturated heterocycles. The molecule has 1 aliphatic heterocycles. The Morgan fingerprint density at radius 1 is 1.13 bits per heavy atom. The molecular formula is C25H34N2O3S. The summed E-state index contributed by atoms with van der Waals surface area (Å²) < 4.78 is 1.12. The second-order valence-electron chi connectivity index (χ2n) is 9.51. The van der Waals surface area contributed by atoms with Gasteiger partial charge in [0.25, 0.3) is 5.91 Å². The zero-order valence-electron chi connectivity index (χ0n) is 18.7. The van der Waals surface area contributed by atoms with Crippen molar-refractivity contribution in [2.45, 2.75) is 75.9 Å². The topological polar surface area (TPSA) is 60.9 Å². The van der Waals surface area contributed by atoms with E-state index in [4.69, 9.17) is 0 Å². The largest absolute Gasteiger partial charge is 0.389 e. The van der Waals surface area contributed by atoms with Crippen LogP contribution in [0.3, 0.4) is 0 Å². The second-order valence-corrected chi connectivity index (χ2v) is 10.6. The molecule has 0 spiro atoms. The summed E-state index contributed by atoms with van der Waals surface area (Å²) in [5, 5.41) is 12.1. The number of carbonyl (C=O) groups excluding carboxylic acids is 2. The first kappa shape index (κ1) is 22.3. The number of carbonyl (C=O) groups is 2. The molecule has 2 heterocycles. The van der Waals surface area contributed by atoms with Crippen LogP contribution in [0.2, 0.25) is 0 Å². The quantitative estimate of drug-likeness (QED) is 0.735. The summed E-state index contributed by atoms with van der Waals surface area (Å²) in [6.07, 6.45) is 8.60. The van der Waals surface area contributed by atoms with E-state index in [0.717, 1.165) is 78.4 Å². The van der Waals surface area contributed by atoms with Gasteiger partial charge in [-0.1, -0.05) is 37.5 Å². The molecule has 168 valence electrons. The maximum Gasteiger partial charge on any atom is 0.263 e. The van der Waals surface area contributed by atoms with Crippen molar-refractivity contribution in [3.63, 3.8) is 0 Å². The summed E-state index contributed by atoms with van der Waals surface area (Å²) in [5.41, 5.74) is 0.235. The van der Waals surface area contributed by atoms with Crippen LogP contribution in [-0.4, -0.2) is 59.0 Å².